The highest BCUT2D eigenvalue weighted by Gasteiger charge is 2.60. The van der Waals surface area contributed by atoms with Crippen LogP contribution >= 0.6 is 0 Å². The lowest BCUT2D eigenvalue weighted by Crippen LogP contribution is -2.53. The van der Waals surface area contributed by atoms with Crippen LogP contribution in [0.5, 0.6) is 0 Å². The molecule has 0 aromatic heterocycles. The summed E-state index contributed by atoms with van der Waals surface area (Å²) in [5.41, 5.74) is 1.25. The third kappa shape index (κ3) is 5.09. The van der Waals surface area contributed by atoms with Gasteiger partial charge in [-0.3, -0.25) is 0 Å². The van der Waals surface area contributed by atoms with Crippen molar-refractivity contribution in [2.45, 2.75) is 130 Å². The first-order valence-electron chi connectivity index (χ1n) is 15.2. The Labute approximate surface area is 206 Å². The fraction of sp³-hybridized carbons (Fsp3) is 1.00. The van der Waals surface area contributed by atoms with Crippen molar-refractivity contribution in [3.63, 3.8) is 0 Å². The quantitative estimate of drug-likeness (QED) is 0.314. The number of rotatable bonds is 11. The van der Waals surface area contributed by atoms with Gasteiger partial charge in [-0.25, -0.2) is 0 Å². The largest absolute Gasteiger partial charge is 0.381 e. The smallest absolute Gasteiger partial charge is 0.0480 e. The van der Waals surface area contributed by atoms with Crippen molar-refractivity contribution in [1.29, 1.82) is 0 Å². The van der Waals surface area contributed by atoms with E-state index in [0.717, 1.165) is 48.7 Å². The molecule has 4 rings (SSSR count). The first-order chi connectivity index (χ1) is 16.0. The molecule has 0 spiro atoms. The lowest BCUT2D eigenvalue weighted by molar-refractivity contribution is -0.115. The van der Waals surface area contributed by atoms with E-state index >= 15 is 0 Å². The summed E-state index contributed by atoms with van der Waals surface area (Å²) in [6.45, 7) is 12.2. The number of hydrogen-bond donors (Lipinski definition) is 1. The second kappa shape index (κ2) is 11.3. The minimum Gasteiger partial charge on any atom is -0.381 e. The zero-order chi connectivity index (χ0) is 23.5. The molecule has 1 N–H and O–H groups in total. The molecular weight excluding hydrogens is 402 g/mol. The average molecular weight is 460 g/mol. The maximum absolute atomic E-state index is 6.05. The molecule has 0 aromatic rings. The van der Waals surface area contributed by atoms with Gasteiger partial charge in [0.05, 0.1) is 0 Å². The van der Waals surface area contributed by atoms with Gasteiger partial charge in [0.15, 0.2) is 0 Å². The molecule has 0 radical (unpaired) electrons. The zero-order valence-corrected chi connectivity index (χ0v) is 23.0. The number of hydrogen-bond acceptors (Lipinski definition) is 2. The van der Waals surface area contributed by atoms with E-state index < -0.39 is 0 Å². The third-order valence-corrected chi connectivity index (χ3v) is 12.0. The molecule has 2 nitrogen and oxygen atoms in total. The summed E-state index contributed by atoms with van der Waals surface area (Å²) >= 11 is 0. The van der Waals surface area contributed by atoms with Gasteiger partial charge in [-0.2, -0.15) is 0 Å². The Morgan fingerprint density at radius 2 is 1.67 bits per heavy atom. The van der Waals surface area contributed by atoms with Gasteiger partial charge in [0.2, 0.25) is 0 Å². The van der Waals surface area contributed by atoms with Gasteiger partial charge >= 0.3 is 0 Å². The Balaban J connectivity index is 1.35. The van der Waals surface area contributed by atoms with Crippen molar-refractivity contribution in [1.82, 2.24) is 5.32 Å². The Kier molecular flexibility index (Phi) is 8.92. The molecule has 4 saturated carbocycles. The highest BCUT2D eigenvalue weighted by Crippen LogP contribution is 2.68. The maximum atomic E-state index is 6.05. The molecule has 4 unspecified atom stereocenters. The van der Waals surface area contributed by atoms with Crippen molar-refractivity contribution < 1.29 is 4.74 Å². The predicted octanol–water partition coefficient (Wildman–Crippen LogP) is 8.25. The fourth-order valence-electron chi connectivity index (χ4n) is 10.1. The maximum Gasteiger partial charge on any atom is 0.0480 e. The van der Waals surface area contributed by atoms with Gasteiger partial charge in [-0.05, 0) is 118 Å². The second-order valence-electron chi connectivity index (χ2n) is 13.3. The summed E-state index contributed by atoms with van der Waals surface area (Å²) in [6.07, 6.45) is 21.6. The molecule has 4 fully saturated rings. The highest BCUT2D eigenvalue weighted by molar-refractivity contribution is 5.09. The van der Waals surface area contributed by atoms with Crippen LogP contribution in [-0.4, -0.2) is 26.3 Å². The molecule has 33 heavy (non-hydrogen) atoms. The normalized spacial score (nSPS) is 42.3. The van der Waals surface area contributed by atoms with E-state index in [2.05, 4.69) is 40.1 Å². The lowest BCUT2D eigenvalue weighted by Gasteiger charge is -2.61. The van der Waals surface area contributed by atoms with Crippen LogP contribution < -0.4 is 5.32 Å². The summed E-state index contributed by atoms with van der Waals surface area (Å²) in [6, 6.07) is 0.602. The van der Waals surface area contributed by atoms with Crippen LogP contribution in [0.2, 0.25) is 0 Å². The standard InChI is InChI=1S/C31H57NO/c1-6-7-8-11-21-33-22-18-29(32-5)23(2)26-15-16-27-25-14-13-24-12-9-10-19-30(24,3)28(25)17-20-31(26,27)4/h23-29,32H,6-22H2,1-5H3/t23?,24?,25-,26?,27-,28+,29?,30-,31+/m0/s1. The molecule has 4 aliphatic rings. The van der Waals surface area contributed by atoms with Crippen molar-refractivity contribution in [3.8, 4) is 0 Å². The SMILES string of the molecule is CCCCCCOCCC(NC)C(C)C1CC[C@H]2[C@@H]3CCC4CCCC[C@]4(C)[C@@H]3CC[C@]12C. The highest BCUT2D eigenvalue weighted by atomic mass is 16.5. The van der Waals surface area contributed by atoms with E-state index in [1.807, 2.05) is 0 Å². The van der Waals surface area contributed by atoms with Crippen LogP contribution in [-0.2, 0) is 4.74 Å². The molecule has 0 bridgehead atoms. The molecule has 0 amide bonds. The Bertz CT molecular complexity index is 606. The predicted molar refractivity (Wildman–Crippen MR) is 141 cm³/mol. The molecule has 2 heteroatoms. The van der Waals surface area contributed by atoms with Crippen LogP contribution in [0.3, 0.4) is 0 Å². The second-order valence-corrected chi connectivity index (χ2v) is 13.3. The van der Waals surface area contributed by atoms with Crippen molar-refractivity contribution >= 4 is 0 Å². The molecule has 0 aromatic carbocycles. The third-order valence-electron chi connectivity index (χ3n) is 12.0. The minimum absolute atomic E-state index is 0.578. The number of nitrogens with one attached hydrogen (secondary N) is 1. The Morgan fingerprint density at radius 3 is 2.45 bits per heavy atom. The van der Waals surface area contributed by atoms with E-state index in [0.29, 0.717) is 16.9 Å². The minimum atomic E-state index is 0.578. The van der Waals surface area contributed by atoms with Crippen molar-refractivity contribution in [2.24, 2.45) is 46.3 Å². The van der Waals surface area contributed by atoms with E-state index in [-0.39, 0.29) is 0 Å². The van der Waals surface area contributed by atoms with Gasteiger partial charge < -0.3 is 10.1 Å². The molecule has 4 aliphatic carbocycles. The van der Waals surface area contributed by atoms with Gasteiger partial charge in [0.1, 0.15) is 0 Å². The van der Waals surface area contributed by atoms with Crippen LogP contribution in [0.4, 0.5) is 0 Å². The first-order valence-corrected chi connectivity index (χ1v) is 15.2. The first kappa shape index (κ1) is 26.0. The molecule has 192 valence electrons. The topological polar surface area (TPSA) is 21.3 Å². The molecule has 0 aliphatic heterocycles. The number of unbranched alkanes of at least 4 members (excludes halogenated alkanes) is 3. The lowest BCUT2D eigenvalue weighted by atomic mass is 9.44. The average Bonchev–Trinajstić information content (AvgIpc) is 3.17. The fourth-order valence-corrected chi connectivity index (χ4v) is 10.1. The molecule has 0 heterocycles. The van der Waals surface area contributed by atoms with Crippen LogP contribution in [0, 0.1) is 46.3 Å². The van der Waals surface area contributed by atoms with Crippen LogP contribution in [0.1, 0.15) is 124 Å². The van der Waals surface area contributed by atoms with Crippen LogP contribution in [0.15, 0.2) is 0 Å². The van der Waals surface area contributed by atoms with E-state index in [9.17, 15) is 0 Å². The summed E-state index contributed by atoms with van der Waals surface area (Å²) in [7, 11) is 2.19. The van der Waals surface area contributed by atoms with Crippen molar-refractivity contribution in [3.05, 3.63) is 0 Å². The molecule has 0 saturated heterocycles. The van der Waals surface area contributed by atoms with E-state index in [1.165, 1.54) is 83.5 Å². The number of fused-ring (bicyclic) bond motifs is 5. The van der Waals surface area contributed by atoms with E-state index in [1.54, 1.807) is 12.8 Å². The number of ether oxygens (including phenoxy) is 1. The summed E-state index contributed by atoms with van der Waals surface area (Å²) in [5.74, 6) is 5.75. The summed E-state index contributed by atoms with van der Waals surface area (Å²) in [4.78, 5) is 0. The Hall–Kier alpha value is -0.0800. The van der Waals surface area contributed by atoms with Gasteiger partial charge in [0, 0.05) is 19.3 Å². The summed E-state index contributed by atoms with van der Waals surface area (Å²) < 4.78 is 6.05. The zero-order valence-electron chi connectivity index (χ0n) is 23.0. The van der Waals surface area contributed by atoms with Crippen LogP contribution in [0.25, 0.3) is 0 Å². The Morgan fingerprint density at radius 1 is 0.848 bits per heavy atom. The van der Waals surface area contributed by atoms with E-state index in [4.69, 9.17) is 4.74 Å². The molecule has 9 atom stereocenters. The summed E-state index contributed by atoms with van der Waals surface area (Å²) in [5, 5.41) is 3.72. The van der Waals surface area contributed by atoms with Gasteiger partial charge in [-0.1, -0.05) is 59.8 Å². The monoisotopic (exact) mass is 459 g/mol. The van der Waals surface area contributed by atoms with Crippen molar-refractivity contribution in [2.75, 3.05) is 20.3 Å². The van der Waals surface area contributed by atoms with Gasteiger partial charge in [0.25, 0.3) is 0 Å². The van der Waals surface area contributed by atoms with Gasteiger partial charge in [-0.15, -0.1) is 0 Å². The molecular formula is C31H57NO.